The van der Waals surface area contributed by atoms with E-state index in [9.17, 15) is 8.42 Å². The van der Waals surface area contributed by atoms with E-state index in [1.807, 2.05) is 6.92 Å². The van der Waals surface area contributed by atoms with E-state index in [-0.39, 0.29) is 18.0 Å². The quantitative estimate of drug-likeness (QED) is 0.723. The molecule has 0 bridgehead atoms. The number of hydrogen-bond donors (Lipinski definition) is 1. The number of hydrogen-bond acceptors (Lipinski definition) is 6. The largest absolute Gasteiger partial charge is 0.476 e. The highest BCUT2D eigenvalue weighted by Crippen LogP contribution is 2.21. The number of rotatable bonds is 7. The van der Waals surface area contributed by atoms with Gasteiger partial charge in [0, 0.05) is 30.7 Å². The van der Waals surface area contributed by atoms with E-state index >= 15 is 0 Å². The molecule has 3 rings (SSSR count). The van der Waals surface area contributed by atoms with Crippen LogP contribution in [0.25, 0.3) is 0 Å². The van der Waals surface area contributed by atoms with E-state index in [1.54, 1.807) is 18.2 Å². The summed E-state index contributed by atoms with van der Waals surface area (Å²) >= 11 is 5.84. The fraction of sp³-hybridized carbons (Fsp3) is 0.412. The molecular weight excluding hydrogens is 376 g/mol. The van der Waals surface area contributed by atoms with Gasteiger partial charge < -0.3 is 9.64 Å². The molecule has 0 radical (unpaired) electrons. The van der Waals surface area contributed by atoms with Crippen molar-refractivity contribution in [1.29, 1.82) is 0 Å². The number of halogens is 1. The molecule has 1 aliphatic rings. The Morgan fingerprint density at radius 2 is 2.00 bits per heavy atom. The van der Waals surface area contributed by atoms with Gasteiger partial charge in [0.15, 0.2) is 0 Å². The van der Waals surface area contributed by atoms with Crippen molar-refractivity contribution in [2.45, 2.75) is 24.7 Å². The molecule has 0 spiro atoms. The molecule has 140 valence electrons. The summed E-state index contributed by atoms with van der Waals surface area (Å²) in [6, 6.07) is 7.91. The number of nitrogens with zero attached hydrogens (tertiary/aromatic N) is 3. The van der Waals surface area contributed by atoms with Gasteiger partial charge in [0.05, 0.1) is 4.90 Å². The lowest BCUT2D eigenvalue weighted by molar-refractivity contribution is 0.309. The molecule has 1 N–H and O–H groups in total. The Labute approximate surface area is 158 Å². The molecule has 0 aliphatic carbocycles. The molecule has 26 heavy (non-hydrogen) atoms. The maximum atomic E-state index is 12.2. The smallest absolute Gasteiger partial charge is 0.240 e. The van der Waals surface area contributed by atoms with Crippen molar-refractivity contribution >= 4 is 27.4 Å². The highest BCUT2D eigenvalue weighted by atomic mass is 35.5. The topological polar surface area (TPSA) is 84.4 Å². The van der Waals surface area contributed by atoms with Gasteiger partial charge in [-0.3, -0.25) is 0 Å². The average Bonchev–Trinajstić information content (AvgIpc) is 3.13. The monoisotopic (exact) mass is 396 g/mol. The van der Waals surface area contributed by atoms with E-state index in [4.69, 9.17) is 16.3 Å². The molecule has 0 unspecified atom stereocenters. The Morgan fingerprint density at radius 3 is 2.73 bits per heavy atom. The van der Waals surface area contributed by atoms with Gasteiger partial charge >= 0.3 is 0 Å². The molecule has 7 nitrogen and oxygen atoms in total. The van der Waals surface area contributed by atoms with Crippen LogP contribution in [0.2, 0.25) is 5.02 Å². The first kappa shape index (κ1) is 18.9. The lowest BCUT2D eigenvalue weighted by atomic mass is 10.4. The van der Waals surface area contributed by atoms with Crippen molar-refractivity contribution in [2.24, 2.45) is 0 Å². The van der Waals surface area contributed by atoms with Crippen molar-refractivity contribution in [3.8, 4) is 5.88 Å². The molecule has 1 aromatic heterocycles. The number of ether oxygens (including phenoxy) is 1. The molecule has 9 heteroatoms. The third kappa shape index (κ3) is 4.84. The van der Waals surface area contributed by atoms with Crippen LogP contribution >= 0.6 is 11.6 Å². The van der Waals surface area contributed by atoms with E-state index in [2.05, 4.69) is 19.6 Å². The SMILES string of the molecule is Cc1nc(OCCNS(=O)(=O)c2cccc(Cl)c2)cc(N2CCCC2)n1. The molecule has 0 atom stereocenters. The van der Waals surface area contributed by atoms with Gasteiger partial charge in [-0.05, 0) is 38.0 Å². The minimum atomic E-state index is -3.62. The van der Waals surface area contributed by atoms with Crippen molar-refractivity contribution in [2.75, 3.05) is 31.1 Å². The van der Waals surface area contributed by atoms with Crippen molar-refractivity contribution in [1.82, 2.24) is 14.7 Å². The number of benzene rings is 1. The van der Waals surface area contributed by atoms with Crippen molar-refractivity contribution in [3.63, 3.8) is 0 Å². The van der Waals surface area contributed by atoms with Crippen molar-refractivity contribution in [3.05, 3.63) is 41.2 Å². The minimum absolute atomic E-state index is 0.122. The molecular formula is C17H21ClN4O3S. The summed E-state index contributed by atoms with van der Waals surface area (Å²) in [6.45, 7) is 4.06. The predicted molar refractivity (Wildman–Crippen MR) is 100 cm³/mol. The molecule has 0 saturated carbocycles. The molecule has 1 saturated heterocycles. The predicted octanol–water partition coefficient (Wildman–Crippen LogP) is 2.40. The van der Waals surface area contributed by atoms with E-state index in [1.165, 1.54) is 12.1 Å². The summed E-state index contributed by atoms with van der Waals surface area (Å²) in [5.74, 6) is 1.93. The molecule has 1 aromatic carbocycles. The van der Waals surface area contributed by atoms with Crippen LogP contribution in [0, 0.1) is 6.92 Å². The van der Waals surface area contributed by atoms with Gasteiger partial charge in [-0.2, -0.15) is 4.98 Å². The lowest BCUT2D eigenvalue weighted by Crippen LogP contribution is -2.28. The maximum absolute atomic E-state index is 12.2. The fourth-order valence-corrected chi connectivity index (χ4v) is 4.07. The molecule has 1 aliphatic heterocycles. The second kappa shape index (κ2) is 8.20. The van der Waals surface area contributed by atoms with Crippen LogP contribution in [-0.4, -0.2) is 44.6 Å². The third-order valence-electron chi connectivity index (χ3n) is 3.98. The van der Waals surface area contributed by atoms with E-state index < -0.39 is 10.0 Å². The Hall–Kier alpha value is -1.90. The number of sulfonamides is 1. The molecule has 1 fully saturated rings. The highest BCUT2D eigenvalue weighted by Gasteiger charge is 2.16. The van der Waals surface area contributed by atoms with Crippen LogP contribution in [-0.2, 0) is 10.0 Å². The van der Waals surface area contributed by atoms with Gasteiger partial charge in [0.25, 0.3) is 0 Å². The second-order valence-corrected chi connectivity index (χ2v) is 8.21. The Morgan fingerprint density at radius 1 is 1.23 bits per heavy atom. The zero-order valence-corrected chi connectivity index (χ0v) is 16.1. The van der Waals surface area contributed by atoms with E-state index in [0.29, 0.717) is 16.7 Å². The first-order valence-electron chi connectivity index (χ1n) is 8.43. The molecule has 2 aromatic rings. The zero-order valence-electron chi connectivity index (χ0n) is 14.5. The summed E-state index contributed by atoms with van der Waals surface area (Å²) in [5.41, 5.74) is 0. The van der Waals surface area contributed by atoms with Gasteiger partial charge in [0.1, 0.15) is 18.2 Å². The van der Waals surface area contributed by atoms with Gasteiger partial charge in [0.2, 0.25) is 15.9 Å². The second-order valence-electron chi connectivity index (χ2n) is 6.01. The fourth-order valence-electron chi connectivity index (χ4n) is 2.76. The Bertz CT molecular complexity index is 870. The summed E-state index contributed by atoms with van der Waals surface area (Å²) in [5, 5.41) is 0.370. The van der Waals surface area contributed by atoms with Gasteiger partial charge in [-0.15, -0.1) is 0 Å². The van der Waals surface area contributed by atoms with Crippen LogP contribution in [0.1, 0.15) is 18.7 Å². The summed E-state index contributed by atoms with van der Waals surface area (Å²) < 4.78 is 32.5. The van der Waals surface area contributed by atoms with Crippen LogP contribution < -0.4 is 14.4 Å². The first-order chi connectivity index (χ1) is 12.4. The van der Waals surface area contributed by atoms with Crippen LogP contribution in [0.15, 0.2) is 35.2 Å². The zero-order chi connectivity index (χ0) is 18.6. The van der Waals surface area contributed by atoms with E-state index in [0.717, 1.165) is 31.7 Å². The summed E-state index contributed by atoms with van der Waals surface area (Å²) in [6.07, 6.45) is 2.31. The standard InChI is InChI=1S/C17H21ClN4O3S/c1-13-20-16(22-8-2-3-9-22)12-17(21-13)25-10-7-19-26(23,24)15-6-4-5-14(18)11-15/h4-6,11-12,19H,2-3,7-10H2,1H3. The maximum Gasteiger partial charge on any atom is 0.240 e. The van der Waals surface area contributed by atoms with Crippen molar-refractivity contribution < 1.29 is 13.2 Å². The van der Waals surface area contributed by atoms with Crippen LogP contribution in [0.5, 0.6) is 5.88 Å². The summed E-state index contributed by atoms with van der Waals surface area (Å²) in [7, 11) is -3.62. The molecule has 0 amide bonds. The number of aromatic nitrogens is 2. The van der Waals surface area contributed by atoms with Gasteiger partial charge in [-0.1, -0.05) is 17.7 Å². The Balaban J connectivity index is 1.56. The average molecular weight is 397 g/mol. The number of aryl methyl sites for hydroxylation is 1. The Kier molecular flexibility index (Phi) is 5.95. The first-order valence-corrected chi connectivity index (χ1v) is 10.3. The number of anilines is 1. The minimum Gasteiger partial charge on any atom is -0.476 e. The van der Waals surface area contributed by atoms with Crippen LogP contribution in [0.3, 0.4) is 0 Å². The number of nitrogens with one attached hydrogen (secondary N) is 1. The van der Waals surface area contributed by atoms with Gasteiger partial charge in [-0.25, -0.2) is 18.1 Å². The highest BCUT2D eigenvalue weighted by molar-refractivity contribution is 7.89. The normalized spacial score (nSPS) is 14.6. The lowest BCUT2D eigenvalue weighted by Gasteiger charge is -2.17. The third-order valence-corrected chi connectivity index (χ3v) is 5.68. The molecule has 2 heterocycles. The summed E-state index contributed by atoms with van der Waals surface area (Å²) in [4.78, 5) is 11.0. The van der Waals surface area contributed by atoms with Crippen LogP contribution in [0.4, 0.5) is 5.82 Å².